The second-order valence-corrected chi connectivity index (χ2v) is 5.29. The zero-order valence-electron chi connectivity index (χ0n) is 10.9. The molecule has 2 aromatic rings. The molecule has 0 radical (unpaired) electrons. The number of Topliss-reactive ketones (excluding diaryl/α,β-unsaturated/α-hetero) is 1. The molecule has 0 fully saturated rings. The number of ketones is 1. The van der Waals surface area contributed by atoms with E-state index >= 15 is 0 Å². The van der Waals surface area contributed by atoms with Crippen LogP contribution in [-0.4, -0.2) is 17.8 Å². The van der Waals surface area contributed by atoms with Gasteiger partial charge < -0.3 is 4.90 Å². The maximum absolute atomic E-state index is 11.4. The highest BCUT2D eigenvalue weighted by atomic mass is 79.9. The lowest BCUT2D eigenvalue weighted by atomic mass is 10.1. The molecule has 2 rings (SSSR count). The molecular formula is C15H15BrN2O. The van der Waals surface area contributed by atoms with E-state index in [1.807, 2.05) is 43.6 Å². The molecule has 1 aromatic carbocycles. The number of anilines is 1. The monoisotopic (exact) mass is 318 g/mol. The number of hydrogen-bond donors (Lipinski definition) is 0. The first-order chi connectivity index (χ1) is 9.08. The Morgan fingerprint density at radius 1 is 1.37 bits per heavy atom. The molecule has 0 aliphatic heterocycles. The molecule has 4 heteroatoms. The molecule has 0 saturated carbocycles. The molecule has 0 atom stereocenters. The smallest absolute Gasteiger partial charge is 0.160 e. The third-order valence-electron chi connectivity index (χ3n) is 2.92. The second kappa shape index (κ2) is 5.97. The molecule has 0 spiro atoms. The summed E-state index contributed by atoms with van der Waals surface area (Å²) in [5.41, 5.74) is 2.91. The van der Waals surface area contributed by atoms with Crippen LogP contribution in [0, 0.1) is 0 Å². The van der Waals surface area contributed by atoms with Gasteiger partial charge >= 0.3 is 0 Å². The maximum Gasteiger partial charge on any atom is 0.160 e. The minimum absolute atomic E-state index is 0.0633. The fraction of sp³-hybridized carbons (Fsp3) is 0.200. The van der Waals surface area contributed by atoms with Crippen molar-refractivity contribution in [3.05, 3.63) is 58.3 Å². The minimum atomic E-state index is 0.0633. The van der Waals surface area contributed by atoms with E-state index in [4.69, 9.17) is 0 Å². The third-order valence-corrected chi connectivity index (χ3v) is 3.57. The highest BCUT2D eigenvalue weighted by Gasteiger charge is 2.08. The molecular weight excluding hydrogens is 304 g/mol. The molecule has 19 heavy (non-hydrogen) atoms. The highest BCUT2D eigenvalue weighted by molar-refractivity contribution is 9.10. The van der Waals surface area contributed by atoms with Crippen LogP contribution in [0.25, 0.3) is 0 Å². The van der Waals surface area contributed by atoms with Crippen molar-refractivity contribution in [2.45, 2.75) is 13.5 Å². The Kier molecular flexibility index (Phi) is 4.32. The van der Waals surface area contributed by atoms with Gasteiger partial charge in [-0.2, -0.15) is 0 Å². The summed E-state index contributed by atoms with van der Waals surface area (Å²) in [6, 6.07) is 9.74. The van der Waals surface area contributed by atoms with Gasteiger partial charge in [-0.3, -0.25) is 9.78 Å². The van der Waals surface area contributed by atoms with Crippen molar-refractivity contribution < 1.29 is 4.79 Å². The van der Waals surface area contributed by atoms with Crippen LogP contribution in [-0.2, 0) is 6.54 Å². The second-order valence-electron chi connectivity index (χ2n) is 4.44. The van der Waals surface area contributed by atoms with Gasteiger partial charge in [-0.05, 0) is 52.7 Å². The SMILES string of the molecule is CC(=O)c1ccc(N(C)Cc2cccnc2)cc1Br. The quantitative estimate of drug-likeness (QED) is 0.806. The predicted octanol–water partition coefficient (Wildman–Crippen LogP) is 3.68. The van der Waals surface area contributed by atoms with Crippen molar-refractivity contribution in [1.82, 2.24) is 4.98 Å². The fourth-order valence-electron chi connectivity index (χ4n) is 1.88. The summed E-state index contributed by atoms with van der Waals surface area (Å²) in [5.74, 6) is 0.0633. The van der Waals surface area contributed by atoms with Crippen LogP contribution in [0.3, 0.4) is 0 Å². The van der Waals surface area contributed by atoms with Crippen LogP contribution in [0.2, 0.25) is 0 Å². The maximum atomic E-state index is 11.4. The lowest BCUT2D eigenvalue weighted by Crippen LogP contribution is -2.16. The van der Waals surface area contributed by atoms with E-state index in [-0.39, 0.29) is 5.78 Å². The Bertz CT molecular complexity index is 584. The van der Waals surface area contributed by atoms with Gasteiger partial charge in [-0.15, -0.1) is 0 Å². The topological polar surface area (TPSA) is 33.2 Å². The van der Waals surface area contributed by atoms with Crippen LogP contribution >= 0.6 is 15.9 Å². The van der Waals surface area contributed by atoms with E-state index in [1.165, 1.54) is 0 Å². The van der Waals surface area contributed by atoms with Crippen molar-refractivity contribution >= 4 is 27.4 Å². The molecule has 1 aromatic heterocycles. The normalized spacial score (nSPS) is 10.3. The molecule has 0 aliphatic rings. The molecule has 0 unspecified atom stereocenters. The van der Waals surface area contributed by atoms with Crippen molar-refractivity contribution in [2.24, 2.45) is 0 Å². The van der Waals surface area contributed by atoms with Gasteiger partial charge in [0.25, 0.3) is 0 Å². The molecule has 0 saturated heterocycles. The Morgan fingerprint density at radius 3 is 2.74 bits per heavy atom. The largest absolute Gasteiger partial charge is 0.370 e. The number of hydrogen-bond acceptors (Lipinski definition) is 3. The van der Waals surface area contributed by atoms with E-state index in [0.717, 1.165) is 22.3 Å². The number of nitrogens with zero attached hydrogens (tertiary/aromatic N) is 2. The van der Waals surface area contributed by atoms with Gasteiger partial charge in [-0.1, -0.05) is 6.07 Å². The zero-order chi connectivity index (χ0) is 13.8. The first kappa shape index (κ1) is 13.7. The summed E-state index contributed by atoms with van der Waals surface area (Å²) in [4.78, 5) is 17.6. The lowest BCUT2D eigenvalue weighted by Gasteiger charge is -2.20. The minimum Gasteiger partial charge on any atom is -0.370 e. The predicted molar refractivity (Wildman–Crippen MR) is 80.5 cm³/mol. The van der Waals surface area contributed by atoms with Crippen molar-refractivity contribution in [3.8, 4) is 0 Å². The summed E-state index contributed by atoms with van der Waals surface area (Å²) in [7, 11) is 2.02. The molecule has 98 valence electrons. The summed E-state index contributed by atoms with van der Waals surface area (Å²) < 4.78 is 0.829. The number of aromatic nitrogens is 1. The van der Waals surface area contributed by atoms with E-state index in [2.05, 4.69) is 25.8 Å². The van der Waals surface area contributed by atoms with Crippen LogP contribution in [0.5, 0.6) is 0 Å². The third kappa shape index (κ3) is 3.41. The fourth-order valence-corrected chi connectivity index (χ4v) is 2.53. The zero-order valence-corrected chi connectivity index (χ0v) is 12.5. The Labute approximate surface area is 121 Å². The number of rotatable bonds is 4. The summed E-state index contributed by atoms with van der Waals surface area (Å²) in [6.07, 6.45) is 3.62. The first-order valence-electron chi connectivity index (χ1n) is 5.98. The van der Waals surface area contributed by atoms with Crippen LogP contribution in [0.15, 0.2) is 47.2 Å². The van der Waals surface area contributed by atoms with Gasteiger partial charge in [0.2, 0.25) is 0 Å². The Morgan fingerprint density at radius 2 is 2.16 bits per heavy atom. The Balaban J connectivity index is 2.18. The highest BCUT2D eigenvalue weighted by Crippen LogP contribution is 2.24. The van der Waals surface area contributed by atoms with Gasteiger partial charge in [-0.25, -0.2) is 0 Å². The van der Waals surface area contributed by atoms with Crippen LogP contribution < -0.4 is 4.90 Å². The van der Waals surface area contributed by atoms with Crippen LogP contribution in [0.4, 0.5) is 5.69 Å². The van der Waals surface area contributed by atoms with Gasteiger partial charge in [0.15, 0.2) is 5.78 Å². The van der Waals surface area contributed by atoms with Gasteiger partial charge in [0.1, 0.15) is 0 Å². The van der Waals surface area contributed by atoms with Crippen LogP contribution in [0.1, 0.15) is 22.8 Å². The Hall–Kier alpha value is -1.68. The number of benzene rings is 1. The average Bonchev–Trinajstić information content (AvgIpc) is 2.39. The number of carbonyl (C=O) groups excluding carboxylic acids is 1. The van der Waals surface area contributed by atoms with Crippen molar-refractivity contribution in [1.29, 1.82) is 0 Å². The summed E-state index contributed by atoms with van der Waals surface area (Å²) >= 11 is 3.44. The van der Waals surface area contributed by atoms with E-state index < -0.39 is 0 Å². The standard InChI is InChI=1S/C15H15BrN2O/c1-11(19)14-6-5-13(8-15(14)16)18(2)10-12-4-3-7-17-9-12/h3-9H,10H2,1-2H3. The first-order valence-corrected chi connectivity index (χ1v) is 6.78. The van der Waals surface area contributed by atoms with Gasteiger partial charge in [0.05, 0.1) is 0 Å². The van der Waals surface area contributed by atoms with E-state index in [1.54, 1.807) is 13.1 Å². The van der Waals surface area contributed by atoms with E-state index in [9.17, 15) is 4.79 Å². The number of halogens is 1. The van der Waals surface area contributed by atoms with Crippen molar-refractivity contribution in [3.63, 3.8) is 0 Å². The molecule has 0 N–H and O–H groups in total. The number of carbonyl (C=O) groups is 1. The average molecular weight is 319 g/mol. The molecule has 1 heterocycles. The summed E-state index contributed by atoms with van der Waals surface area (Å²) in [5, 5.41) is 0. The molecule has 0 amide bonds. The summed E-state index contributed by atoms with van der Waals surface area (Å²) in [6.45, 7) is 2.35. The molecule has 0 aliphatic carbocycles. The lowest BCUT2D eigenvalue weighted by molar-refractivity contribution is 0.101. The molecule has 3 nitrogen and oxygen atoms in total. The van der Waals surface area contributed by atoms with E-state index in [0.29, 0.717) is 5.56 Å². The number of pyridine rings is 1. The van der Waals surface area contributed by atoms with Gasteiger partial charge in [0, 0.05) is 41.7 Å². The van der Waals surface area contributed by atoms with Crippen molar-refractivity contribution in [2.75, 3.05) is 11.9 Å². The molecule has 0 bridgehead atoms.